The van der Waals surface area contributed by atoms with E-state index in [-0.39, 0.29) is 24.7 Å². The van der Waals surface area contributed by atoms with Crippen LogP contribution in [0.4, 0.5) is 18.9 Å². The molecule has 0 unspecified atom stereocenters. The van der Waals surface area contributed by atoms with Crippen LogP contribution in [-0.4, -0.2) is 42.7 Å². The SMILES string of the molecule is CCNC(=NCc1ccc(C)cc1OCC(F)(F)F)NCC(=O)Nc1cccnc1. The summed E-state index contributed by atoms with van der Waals surface area (Å²) in [6.45, 7) is 2.82. The summed E-state index contributed by atoms with van der Waals surface area (Å²) < 4.78 is 42.5. The first kappa shape index (κ1) is 23.0. The maximum absolute atomic E-state index is 12.5. The van der Waals surface area contributed by atoms with Gasteiger partial charge < -0.3 is 20.7 Å². The third-order valence-corrected chi connectivity index (χ3v) is 3.73. The number of alkyl halides is 3. The molecule has 0 aliphatic rings. The Labute approximate surface area is 172 Å². The predicted octanol–water partition coefficient (Wildman–Crippen LogP) is 3.02. The fraction of sp³-hybridized carbons (Fsp3) is 0.350. The first-order chi connectivity index (χ1) is 14.3. The second-order valence-electron chi connectivity index (χ2n) is 6.35. The van der Waals surface area contributed by atoms with E-state index < -0.39 is 12.8 Å². The summed E-state index contributed by atoms with van der Waals surface area (Å²) in [6.07, 6.45) is -1.30. The van der Waals surface area contributed by atoms with Crippen LogP contribution in [0.5, 0.6) is 5.75 Å². The zero-order valence-electron chi connectivity index (χ0n) is 16.7. The summed E-state index contributed by atoms with van der Waals surface area (Å²) in [6, 6.07) is 8.40. The van der Waals surface area contributed by atoms with Crippen LogP contribution in [0.2, 0.25) is 0 Å². The molecule has 30 heavy (non-hydrogen) atoms. The molecule has 1 aromatic heterocycles. The molecule has 1 amide bonds. The molecule has 0 atom stereocenters. The molecule has 162 valence electrons. The molecule has 0 aliphatic carbocycles. The van der Waals surface area contributed by atoms with E-state index in [9.17, 15) is 18.0 Å². The largest absolute Gasteiger partial charge is 0.484 e. The molecule has 0 saturated heterocycles. The molecule has 7 nitrogen and oxygen atoms in total. The van der Waals surface area contributed by atoms with Crippen LogP contribution in [0.25, 0.3) is 0 Å². The van der Waals surface area contributed by atoms with Gasteiger partial charge in [-0.05, 0) is 37.6 Å². The highest BCUT2D eigenvalue weighted by Crippen LogP contribution is 2.24. The van der Waals surface area contributed by atoms with Crippen molar-refractivity contribution in [3.63, 3.8) is 0 Å². The van der Waals surface area contributed by atoms with Crippen LogP contribution in [0.15, 0.2) is 47.7 Å². The van der Waals surface area contributed by atoms with E-state index in [0.29, 0.717) is 23.8 Å². The van der Waals surface area contributed by atoms with Crippen molar-refractivity contribution in [2.24, 2.45) is 4.99 Å². The Hall–Kier alpha value is -3.30. The van der Waals surface area contributed by atoms with Crippen LogP contribution in [0.1, 0.15) is 18.1 Å². The van der Waals surface area contributed by atoms with Gasteiger partial charge in [-0.1, -0.05) is 12.1 Å². The molecule has 0 spiro atoms. The number of nitrogens with one attached hydrogen (secondary N) is 3. The molecule has 2 aromatic rings. The number of carbonyl (C=O) groups is 1. The summed E-state index contributed by atoms with van der Waals surface area (Å²) in [5, 5.41) is 8.55. The third kappa shape index (κ3) is 8.38. The number of aryl methyl sites for hydroxylation is 1. The highest BCUT2D eigenvalue weighted by Gasteiger charge is 2.28. The van der Waals surface area contributed by atoms with Crippen molar-refractivity contribution in [3.05, 3.63) is 53.9 Å². The highest BCUT2D eigenvalue weighted by atomic mass is 19.4. The van der Waals surface area contributed by atoms with Gasteiger partial charge in [-0.2, -0.15) is 13.2 Å². The number of pyridine rings is 1. The van der Waals surface area contributed by atoms with Gasteiger partial charge in [0.1, 0.15) is 5.75 Å². The Kier molecular flexibility index (Phi) is 8.45. The third-order valence-electron chi connectivity index (χ3n) is 3.73. The van der Waals surface area contributed by atoms with Gasteiger partial charge in [0.15, 0.2) is 12.6 Å². The van der Waals surface area contributed by atoms with Gasteiger partial charge >= 0.3 is 6.18 Å². The van der Waals surface area contributed by atoms with E-state index in [1.165, 1.54) is 12.3 Å². The summed E-state index contributed by atoms with van der Waals surface area (Å²) in [4.78, 5) is 20.3. The molecule has 1 heterocycles. The van der Waals surface area contributed by atoms with Crippen molar-refractivity contribution < 1.29 is 22.7 Å². The van der Waals surface area contributed by atoms with Crippen molar-refractivity contribution in [2.45, 2.75) is 26.6 Å². The van der Waals surface area contributed by atoms with E-state index in [4.69, 9.17) is 4.74 Å². The van der Waals surface area contributed by atoms with E-state index in [2.05, 4.69) is 25.9 Å². The lowest BCUT2D eigenvalue weighted by molar-refractivity contribution is -0.153. The number of hydrogen-bond acceptors (Lipinski definition) is 4. The number of carbonyl (C=O) groups excluding carboxylic acids is 1. The Morgan fingerprint density at radius 3 is 2.70 bits per heavy atom. The van der Waals surface area contributed by atoms with Gasteiger partial charge in [0, 0.05) is 18.3 Å². The average molecular weight is 423 g/mol. The Morgan fingerprint density at radius 1 is 1.23 bits per heavy atom. The number of ether oxygens (including phenoxy) is 1. The maximum atomic E-state index is 12.5. The van der Waals surface area contributed by atoms with Gasteiger partial charge in [0.2, 0.25) is 5.91 Å². The van der Waals surface area contributed by atoms with Crippen molar-refractivity contribution in [2.75, 3.05) is 25.0 Å². The lowest BCUT2D eigenvalue weighted by atomic mass is 10.1. The van der Waals surface area contributed by atoms with E-state index in [1.807, 2.05) is 6.92 Å². The number of nitrogens with zero attached hydrogens (tertiary/aromatic N) is 2. The van der Waals surface area contributed by atoms with Crippen LogP contribution in [0.3, 0.4) is 0 Å². The number of hydrogen-bond donors (Lipinski definition) is 3. The predicted molar refractivity (Wildman–Crippen MR) is 108 cm³/mol. The van der Waals surface area contributed by atoms with Crippen LogP contribution in [0, 0.1) is 6.92 Å². The number of rotatable bonds is 8. The molecule has 0 fully saturated rings. The lowest BCUT2D eigenvalue weighted by Gasteiger charge is -2.14. The van der Waals surface area contributed by atoms with Crippen LogP contribution >= 0.6 is 0 Å². The number of anilines is 1. The number of benzene rings is 1. The lowest BCUT2D eigenvalue weighted by Crippen LogP contribution is -2.41. The second kappa shape index (κ2) is 11.0. The first-order valence-corrected chi connectivity index (χ1v) is 9.28. The smallest absolute Gasteiger partial charge is 0.422 e. The van der Waals surface area contributed by atoms with Gasteiger partial charge in [-0.3, -0.25) is 9.78 Å². The van der Waals surface area contributed by atoms with Crippen molar-refractivity contribution >= 4 is 17.6 Å². The average Bonchev–Trinajstić information content (AvgIpc) is 2.69. The minimum atomic E-state index is -4.43. The summed E-state index contributed by atoms with van der Waals surface area (Å²) >= 11 is 0. The van der Waals surface area contributed by atoms with Crippen molar-refractivity contribution in [3.8, 4) is 5.75 Å². The molecule has 0 aliphatic heterocycles. The highest BCUT2D eigenvalue weighted by molar-refractivity contribution is 5.94. The number of guanidine groups is 1. The fourth-order valence-electron chi connectivity index (χ4n) is 2.40. The topological polar surface area (TPSA) is 87.6 Å². The molecule has 2 rings (SSSR count). The normalized spacial score (nSPS) is 11.7. The first-order valence-electron chi connectivity index (χ1n) is 9.28. The minimum Gasteiger partial charge on any atom is -0.484 e. The fourth-order valence-corrected chi connectivity index (χ4v) is 2.40. The number of aliphatic imine (C=N–C) groups is 1. The second-order valence-corrected chi connectivity index (χ2v) is 6.35. The quantitative estimate of drug-likeness (QED) is 0.449. The van der Waals surface area contributed by atoms with Gasteiger partial charge in [-0.15, -0.1) is 0 Å². The minimum absolute atomic E-state index is 0.0495. The number of amides is 1. The Bertz CT molecular complexity index is 857. The summed E-state index contributed by atoms with van der Waals surface area (Å²) in [7, 11) is 0. The Morgan fingerprint density at radius 2 is 2.03 bits per heavy atom. The van der Waals surface area contributed by atoms with Gasteiger partial charge in [0.05, 0.1) is 25.0 Å². The summed E-state index contributed by atoms with van der Waals surface area (Å²) in [5.74, 6) is 0.181. The molecule has 10 heteroatoms. The van der Waals surface area contributed by atoms with Crippen molar-refractivity contribution in [1.29, 1.82) is 0 Å². The molecule has 3 N–H and O–H groups in total. The van der Waals surface area contributed by atoms with Crippen LogP contribution in [-0.2, 0) is 11.3 Å². The monoisotopic (exact) mass is 423 g/mol. The van der Waals surface area contributed by atoms with Gasteiger partial charge in [0.25, 0.3) is 0 Å². The molecule has 1 aromatic carbocycles. The van der Waals surface area contributed by atoms with Crippen molar-refractivity contribution in [1.82, 2.24) is 15.6 Å². The number of halogens is 3. The van der Waals surface area contributed by atoms with Crippen LogP contribution < -0.4 is 20.7 Å². The molecular weight excluding hydrogens is 399 g/mol. The van der Waals surface area contributed by atoms with E-state index in [1.54, 1.807) is 37.4 Å². The zero-order chi connectivity index (χ0) is 22.0. The summed E-state index contributed by atoms with van der Waals surface area (Å²) in [5.41, 5.74) is 1.84. The maximum Gasteiger partial charge on any atom is 0.422 e. The standard InChI is InChI=1S/C20H24F3N5O2/c1-3-25-19(27-12-18(29)28-16-5-4-8-24-11-16)26-10-15-7-6-14(2)9-17(15)30-13-20(21,22)23/h4-9,11H,3,10,12-13H2,1-2H3,(H,28,29)(H2,25,26,27). The van der Waals surface area contributed by atoms with E-state index >= 15 is 0 Å². The molecular formula is C20H24F3N5O2. The van der Waals surface area contributed by atoms with Gasteiger partial charge in [-0.25, -0.2) is 4.99 Å². The number of aromatic nitrogens is 1. The Balaban J connectivity index is 2.00. The van der Waals surface area contributed by atoms with E-state index in [0.717, 1.165) is 5.56 Å². The molecule has 0 saturated carbocycles. The molecule has 0 radical (unpaired) electrons. The zero-order valence-corrected chi connectivity index (χ0v) is 16.7. The molecule has 0 bridgehead atoms.